The number of esters is 1. The van der Waals surface area contributed by atoms with E-state index in [1.165, 1.54) is 0 Å². The SMILES string of the molecule is COc1cc(OC)cc(C2CCC(=O)C2C(=O)OCC[Si](C)(C)C)c1. The zero-order valence-electron chi connectivity index (χ0n) is 15.8. The van der Waals surface area contributed by atoms with Crippen molar-refractivity contribution < 1.29 is 23.8 Å². The van der Waals surface area contributed by atoms with Gasteiger partial charge in [0.2, 0.25) is 0 Å². The fourth-order valence-corrected chi connectivity index (χ4v) is 3.80. The van der Waals surface area contributed by atoms with Crippen LogP contribution in [0.4, 0.5) is 0 Å². The molecule has 0 amide bonds. The van der Waals surface area contributed by atoms with Crippen LogP contribution in [0.15, 0.2) is 18.2 Å². The van der Waals surface area contributed by atoms with E-state index in [2.05, 4.69) is 19.6 Å². The van der Waals surface area contributed by atoms with Gasteiger partial charge < -0.3 is 14.2 Å². The van der Waals surface area contributed by atoms with Gasteiger partial charge in [-0.3, -0.25) is 9.59 Å². The summed E-state index contributed by atoms with van der Waals surface area (Å²) in [4.78, 5) is 24.9. The molecule has 1 fully saturated rings. The van der Waals surface area contributed by atoms with Crippen LogP contribution < -0.4 is 9.47 Å². The summed E-state index contributed by atoms with van der Waals surface area (Å²) in [6.45, 7) is 7.08. The number of carbonyl (C=O) groups is 2. The van der Waals surface area contributed by atoms with Gasteiger partial charge in [0.05, 0.1) is 20.8 Å². The standard InChI is InChI=1S/C19H28O5Si/c1-22-14-10-13(11-15(12-14)23-2)16-6-7-17(20)18(16)19(21)24-8-9-25(3,4)5/h10-12,16,18H,6-9H2,1-5H3. The minimum atomic E-state index is -1.28. The van der Waals surface area contributed by atoms with Crippen LogP contribution in [-0.2, 0) is 14.3 Å². The summed E-state index contributed by atoms with van der Waals surface area (Å²) >= 11 is 0. The first-order chi connectivity index (χ1) is 11.7. The molecule has 1 saturated carbocycles. The maximum absolute atomic E-state index is 12.5. The van der Waals surface area contributed by atoms with E-state index in [1.54, 1.807) is 20.3 Å². The van der Waals surface area contributed by atoms with Crippen molar-refractivity contribution in [1.29, 1.82) is 0 Å². The minimum absolute atomic E-state index is 0.0372. The third kappa shape index (κ3) is 5.08. The third-order valence-corrected chi connectivity index (χ3v) is 6.31. The highest BCUT2D eigenvalue weighted by molar-refractivity contribution is 6.76. The van der Waals surface area contributed by atoms with Crippen molar-refractivity contribution in [1.82, 2.24) is 0 Å². The van der Waals surface area contributed by atoms with Crippen LogP contribution in [0.1, 0.15) is 24.3 Å². The van der Waals surface area contributed by atoms with Crippen LogP contribution in [0, 0.1) is 5.92 Å². The molecule has 0 bridgehead atoms. The molecule has 0 aliphatic heterocycles. The van der Waals surface area contributed by atoms with Crippen molar-refractivity contribution in [3.8, 4) is 11.5 Å². The number of ketones is 1. The molecule has 2 atom stereocenters. The van der Waals surface area contributed by atoms with Gasteiger partial charge in [0.15, 0.2) is 0 Å². The monoisotopic (exact) mass is 364 g/mol. The summed E-state index contributed by atoms with van der Waals surface area (Å²) in [5.74, 6) is -0.0363. The Morgan fingerprint density at radius 1 is 1.12 bits per heavy atom. The van der Waals surface area contributed by atoms with Gasteiger partial charge in [0.25, 0.3) is 0 Å². The Balaban J connectivity index is 2.17. The Labute approximate surface area is 150 Å². The quantitative estimate of drug-likeness (QED) is 0.420. The summed E-state index contributed by atoms with van der Waals surface area (Å²) in [6, 6.07) is 6.42. The van der Waals surface area contributed by atoms with Gasteiger partial charge in [0, 0.05) is 26.5 Å². The van der Waals surface area contributed by atoms with Gasteiger partial charge in [0.1, 0.15) is 23.2 Å². The van der Waals surface area contributed by atoms with Crippen LogP contribution >= 0.6 is 0 Å². The van der Waals surface area contributed by atoms with E-state index in [4.69, 9.17) is 14.2 Å². The topological polar surface area (TPSA) is 61.8 Å². The zero-order valence-corrected chi connectivity index (χ0v) is 16.8. The predicted octanol–water partition coefficient (Wildman–Crippen LogP) is 3.65. The number of methoxy groups -OCH3 is 2. The molecular weight excluding hydrogens is 336 g/mol. The molecule has 0 spiro atoms. The highest BCUT2D eigenvalue weighted by Gasteiger charge is 2.42. The molecule has 2 rings (SSSR count). The van der Waals surface area contributed by atoms with Crippen molar-refractivity contribution in [3.05, 3.63) is 23.8 Å². The lowest BCUT2D eigenvalue weighted by atomic mass is 9.88. The number of hydrogen-bond acceptors (Lipinski definition) is 5. The van der Waals surface area contributed by atoms with E-state index in [9.17, 15) is 9.59 Å². The fraction of sp³-hybridized carbons (Fsp3) is 0.579. The molecule has 0 heterocycles. The van der Waals surface area contributed by atoms with Gasteiger partial charge in [-0.1, -0.05) is 19.6 Å². The summed E-state index contributed by atoms with van der Waals surface area (Å²) in [5, 5.41) is 0. The maximum atomic E-state index is 12.5. The van der Waals surface area contributed by atoms with Gasteiger partial charge in [-0.05, 0) is 30.2 Å². The molecule has 0 N–H and O–H groups in total. The van der Waals surface area contributed by atoms with Crippen LogP contribution in [-0.4, -0.2) is 40.7 Å². The summed E-state index contributed by atoms with van der Waals surface area (Å²) in [6.07, 6.45) is 1.04. The fourth-order valence-electron chi connectivity index (χ4n) is 3.09. The number of Topliss-reactive ketones (excluding diaryl/α,β-unsaturated/α-hetero) is 1. The molecule has 6 heteroatoms. The van der Waals surface area contributed by atoms with Crippen molar-refractivity contribution >= 4 is 19.8 Å². The average Bonchev–Trinajstić information content (AvgIpc) is 2.94. The Morgan fingerprint density at radius 2 is 1.72 bits per heavy atom. The molecule has 5 nitrogen and oxygen atoms in total. The second kappa shape index (κ2) is 8.04. The van der Waals surface area contributed by atoms with E-state index < -0.39 is 20.0 Å². The largest absolute Gasteiger partial charge is 0.497 e. The van der Waals surface area contributed by atoms with Gasteiger partial charge >= 0.3 is 5.97 Å². The summed E-state index contributed by atoms with van der Waals surface area (Å²) in [5.41, 5.74) is 0.884. The average molecular weight is 365 g/mol. The first kappa shape index (κ1) is 19.5. The number of carbonyl (C=O) groups excluding carboxylic acids is 2. The molecule has 0 radical (unpaired) electrons. The molecular formula is C19H28O5Si. The van der Waals surface area contributed by atoms with E-state index in [1.807, 2.05) is 12.1 Å². The van der Waals surface area contributed by atoms with Crippen molar-refractivity contribution in [2.45, 2.75) is 44.4 Å². The molecule has 1 aliphatic rings. The highest BCUT2D eigenvalue weighted by Crippen LogP contribution is 2.40. The predicted molar refractivity (Wildman–Crippen MR) is 99.1 cm³/mol. The summed E-state index contributed by atoms with van der Waals surface area (Å²) in [7, 11) is 1.89. The Bertz CT molecular complexity index is 613. The first-order valence-corrected chi connectivity index (χ1v) is 12.4. The van der Waals surface area contributed by atoms with E-state index >= 15 is 0 Å². The minimum Gasteiger partial charge on any atom is -0.497 e. The van der Waals surface area contributed by atoms with E-state index in [0.717, 1.165) is 11.6 Å². The van der Waals surface area contributed by atoms with Crippen LogP contribution in [0.25, 0.3) is 0 Å². The van der Waals surface area contributed by atoms with Crippen LogP contribution in [0.3, 0.4) is 0 Å². The molecule has 2 unspecified atom stereocenters. The Hall–Kier alpha value is -1.82. The molecule has 138 valence electrons. The van der Waals surface area contributed by atoms with Crippen LogP contribution in [0.5, 0.6) is 11.5 Å². The zero-order chi connectivity index (χ0) is 18.6. The maximum Gasteiger partial charge on any atom is 0.317 e. The molecule has 0 aromatic heterocycles. The lowest BCUT2D eigenvalue weighted by Crippen LogP contribution is -2.29. The highest BCUT2D eigenvalue weighted by atomic mass is 28.3. The smallest absolute Gasteiger partial charge is 0.317 e. The molecule has 0 saturated heterocycles. The third-order valence-electron chi connectivity index (χ3n) is 4.60. The van der Waals surface area contributed by atoms with Gasteiger partial charge in [-0.15, -0.1) is 0 Å². The lowest BCUT2D eigenvalue weighted by Gasteiger charge is -2.20. The Morgan fingerprint density at radius 3 is 2.24 bits per heavy atom. The number of hydrogen-bond donors (Lipinski definition) is 0. The number of rotatable bonds is 7. The Kier molecular flexibility index (Phi) is 6.27. The normalized spacial score (nSPS) is 20.4. The van der Waals surface area contributed by atoms with Crippen molar-refractivity contribution in [2.75, 3.05) is 20.8 Å². The van der Waals surface area contributed by atoms with Crippen molar-refractivity contribution in [3.63, 3.8) is 0 Å². The molecule has 25 heavy (non-hydrogen) atoms. The van der Waals surface area contributed by atoms with Crippen LogP contribution in [0.2, 0.25) is 25.7 Å². The number of ether oxygens (including phenoxy) is 3. The number of benzene rings is 1. The first-order valence-electron chi connectivity index (χ1n) is 8.67. The second-order valence-electron chi connectivity index (χ2n) is 7.71. The van der Waals surface area contributed by atoms with E-state index in [-0.39, 0.29) is 11.7 Å². The summed E-state index contributed by atoms with van der Waals surface area (Å²) < 4.78 is 16.1. The van der Waals surface area contributed by atoms with Gasteiger partial charge in [-0.2, -0.15) is 0 Å². The molecule has 1 aromatic rings. The second-order valence-corrected chi connectivity index (χ2v) is 13.3. The molecule has 1 aromatic carbocycles. The lowest BCUT2D eigenvalue weighted by molar-refractivity contribution is -0.151. The van der Waals surface area contributed by atoms with Gasteiger partial charge in [-0.25, -0.2) is 0 Å². The van der Waals surface area contributed by atoms with Crippen molar-refractivity contribution in [2.24, 2.45) is 5.92 Å². The molecule has 1 aliphatic carbocycles. The van der Waals surface area contributed by atoms with E-state index in [0.29, 0.717) is 30.9 Å².